The van der Waals surface area contributed by atoms with Crippen LogP contribution in [0.15, 0.2) is 0 Å². The molecule has 1 saturated heterocycles. The maximum Gasteiger partial charge on any atom is 0.237 e. The zero-order valence-corrected chi connectivity index (χ0v) is 9.34. The summed E-state index contributed by atoms with van der Waals surface area (Å²) in [7, 11) is 3.84. The summed E-state index contributed by atoms with van der Waals surface area (Å²) in [5, 5.41) is 0. The van der Waals surface area contributed by atoms with E-state index in [0.29, 0.717) is 5.92 Å². The second-order valence-electron chi connectivity index (χ2n) is 4.19. The average molecular weight is 199 g/mol. The van der Waals surface area contributed by atoms with Gasteiger partial charge in [0.15, 0.2) is 0 Å². The molecular weight excluding hydrogens is 178 g/mol. The fraction of sp³-hybridized carbons (Fsp3) is 0.900. The van der Waals surface area contributed by atoms with Crippen LogP contribution in [0, 0.1) is 11.8 Å². The molecule has 2 unspecified atom stereocenters. The molecular formula is C10H21N3O. The highest BCUT2D eigenvalue weighted by Crippen LogP contribution is 2.22. The van der Waals surface area contributed by atoms with Crippen LogP contribution < -0.4 is 10.9 Å². The molecule has 0 spiro atoms. The fourth-order valence-electron chi connectivity index (χ4n) is 2.07. The maximum atomic E-state index is 11.6. The Labute approximate surface area is 86.0 Å². The van der Waals surface area contributed by atoms with Gasteiger partial charge in [0.25, 0.3) is 0 Å². The van der Waals surface area contributed by atoms with Crippen LogP contribution in [0.1, 0.15) is 19.8 Å². The SMILES string of the molecule is CNNC(=O)C(C)C1CCCN(C)C1. The van der Waals surface area contributed by atoms with E-state index in [9.17, 15) is 4.79 Å². The molecule has 1 aliphatic rings. The van der Waals surface area contributed by atoms with E-state index in [2.05, 4.69) is 22.8 Å². The van der Waals surface area contributed by atoms with Gasteiger partial charge in [-0.25, -0.2) is 5.43 Å². The Morgan fingerprint density at radius 3 is 2.86 bits per heavy atom. The molecule has 0 aromatic heterocycles. The highest BCUT2D eigenvalue weighted by atomic mass is 16.2. The predicted molar refractivity (Wildman–Crippen MR) is 56.6 cm³/mol. The number of likely N-dealkylation sites (tertiary alicyclic amines) is 1. The highest BCUT2D eigenvalue weighted by Gasteiger charge is 2.27. The summed E-state index contributed by atoms with van der Waals surface area (Å²) in [6.45, 7) is 4.21. The van der Waals surface area contributed by atoms with Gasteiger partial charge in [-0.2, -0.15) is 0 Å². The summed E-state index contributed by atoms with van der Waals surface area (Å²) >= 11 is 0. The molecule has 0 aromatic carbocycles. The van der Waals surface area contributed by atoms with Crippen LogP contribution in [0.3, 0.4) is 0 Å². The minimum absolute atomic E-state index is 0.102. The van der Waals surface area contributed by atoms with Crippen molar-refractivity contribution < 1.29 is 4.79 Å². The number of hydrogen-bond acceptors (Lipinski definition) is 3. The van der Waals surface area contributed by atoms with E-state index in [0.717, 1.165) is 13.1 Å². The molecule has 4 nitrogen and oxygen atoms in total. The summed E-state index contributed by atoms with van der Waals surface area (Å²) in [4.78, 5) is 13.9. The van der Waals surface area contributed by atoms with Gasteiger partial charge in [-0.3, -0.25) is 10.2 Å². The second-order valence-corrected chi connectivity index (χ2v) is 4.19. The number of hydrazine groups is 1. The Bertz CT molecular complexity index is 196. The van der Waals surface area contributed by atoms with Crippen LogP contribution in [0.4, 0.5) is 0 Å². The van der Waals surface area contributed by atoms with Gasteiger partial charge in [-0.1, -0.05) is 6.92 Å². The normalized spacial score (nSPS) is 25.8. The number of hydrogen-bond donors (Lipinski definition) is 2. The molecule has 14 heavy (non-hydrogen) atoms. The summed E-state index contributed by atoms with van der Waals surface area (Å²) in [5.74, 6) is 0.708. The summed E-state index contributed by atoms with van der Waals surface area (Å²) in [6.07, 6.45) is 2.38. The van der Waals surface area contributed by atoms with Crippen LogP contribution in [-0.4, -0.2) is 38.0 Å². The first kappa shape index (κ1) is 11.5. The van der Waals surface area contributed by atoms with E-state index in [1.165, 1.54) is 12.8 Å². The first-order valence-corrected chi connectivity index (χ1v) is 5.30. The molecule has 2 N–H and O–H groups in total. The lowest BCUT2D eigenvalue weighted by Gasteiger charge is -2.32. The van der Waals surface area contributed by atoms with Crippen LogP contribution in [0.2, 0.25) is 0 Å². The lowest BCUT2D eigenvalue weighted by atomic mass is 9.86. The topological polar surface area (TPSA) is 44.4 Å². The number of nitrogens with one attached hydrogen (secondary N) is 2. The Hall–Kier alpha value is -0.610. The van der Waals surface area contributed by atoms with Gasteiger partial charge in [-0.15, -0.1) is 0 Å². The Balaban J connectivity index is 2.42. The molecule has 0 radical (unpaired) electrons. The predicted octanol–water partition coefficient (Wildman–Crippen LogP) is 0.215. The number of amides is 1. The van der Waals surface area contributed by atoms with Crippen molar-refractivity contribution in [1.29, 1.82) is 0 Å². The van der Waals surface area contributed by atoms with Crippen molar-refractivity contribution in [3.8, 4) is 0 Å². The number of carbonyl (C=O) groups excluding carboxylic acids is 1. The van der Waals surface area contributed by atoms with E-state index in [1.807, 2.05) is 6.92 Å². The summed E-state index contributed by atoms with van der Waals surface area (Å²) in [6, 6.07) is 0. The summed E-state index contributed by atoms with van der Waals surface area (Å²) in [5.41, 5.74) is 5.34. The minimum atomic E-state index is 0.102. The van der Waals surface area contributed by atoms with E-state index >= 15 is 0 Å². The van der Waals surface area contributed by atoms with Gasteiger partial charge >= 0.3 is 0 Å². The number of nitrogens with zero attached hydrogens (tertiary/aromatic N) is 1. The third kappa shape index (κ3) is 2.96. The Morgan fingerprint density at radius 1 is 1.57 bits per heavy atom. The largest absolute Gasteiger partial charge is 0.306 e. The molecule has 1 rings (SSSR count). The van der Waals surface area contributed by atoms with Crippen molar-refractivity contribution in [2.24, 2.45) is 11.8 Å². The third-order valence-electron chi connectivity index (χ3n) is 3.03. The van der Waals surface area contributed by atoms with Crippen LogP contribution >= 0.6 is 0 Å². The van der Waals surface area contributed by atoms with Crippen molar-refractivity contribution in [2.45, 2.75) is 19.8 Å². The van der Waals surface area contributed by atoms with E-state index in [4.69, 9.17) is 0 Å². The van der Waals surface area contributed by atoms with E-state index < -0.39 is 0 Å². The molecule has 0 bridgehead atoms. The quantitative estimate of drug-likeness (QED) is 0.639. The highest BCUT2D eigenvalue weighted by molar-refractivity contribution is 5.78. The fourth-order valence-corrected chi connectivity index (χ4v) is 2.07. The summed E-state index contributed by atoms with van der Waals surface area (Å²) < 4.78 is 0. The molecule has 0 aliphatic carbocycles. The van der Waals surface area contributed by atoms with Gasteiger partial charge in [0.1, 0.15) is 0 Å². The Kier molecular flexibility index (Phi) is 4.35. The van der Waals surface area contributed by atoms with E-state index in [1.54, 1.807) is 7.05 Å². The molecule has 4 heteroatoms. The van der Waals surface area contributed by atoms with Crippen LogP contribution in [0.25, 0.3) is 0 Å². The molecule has 2 atom stereocenters. The molecule has 1 aliphatic heterocycles. The van der Waals surface area contributed by atoms with Crippen molar-refractivity contribution in [3.05, 3.63) is 0 Å². The first-order chi connectivity index (χ1) is 6.65. The second kappa shape index (κ2) is 5.32. The number of carbonyl (C=O) groups is 1. The molecule has 0 saturated carbocycles. The zero-order chi connectivity index (χ0) is 10.6. The maximum absolute atomic E-state index is 11.6. The van der Waals surface area contributed by atoms with Crippen LogP contribution in [0.5, 0.6) is 0 Å². The van der Waals surface area contributed by atoms with Crippen molar-refractivity contribution in [1.82, 2.24) is 15.8 Å². The Morgan fingerprint density at radius 2 is 2.29 bits per heavy atom. The van der Waals surface area contributed by atoms with Crippen molar-refractivity contribution in [2.75, 3.05) is 27.2 Å². The van der Waals surface area contributed by atoms with Gasteiger partial charge < -0.3 is 4.90 Å². The third-order valence-corrected chi connectivity index (χ3v) is 3.03. The molecule has 0 aromatic rings. The van der Waals surface area contributed by atoms with Crippen LogP contribution in [-0.2, 0) is 4.79 Å². The van der Waals surface area contributed by atoms with E-state index in [-0.39, 0.29) is 11.8 Å². The van der Waals surface area contributed by atoms with Crippen molar-refractivity contribution >= 4 is 5.91 Å². The molecule has 1 heterocycles. The standard InChI is InChI=1S/C10H21N3O/c1-8(10(14)12-11-2)9-5-4-6-13(3)7-9/h8-9,11H,4-7H2,1-3H3,(H,12,14). The zero-order valence-electron chi connectivity index (χ0n) is 9.34. The van der Waals surface area contributed by atoms with Gasteiger partial charge in [0.2, 0.25) is 5.91 Å². The molecule has 82 valence electrons. The smallest absolute Gasteiger partial charge is 0.237 e. The number of piperidine rings is 1. The van der Waals surface area contributed by atoms with Gasteiger partial charge in [0, 0.05) is 19.5 Å². The van der Waals surface area contributed by atoms with Gasteiger partial charge in [0.05, 0.1) is 0 Å². The lowest BCUT2D eigenvalue weighted by Crippen LogP contribution is -2.44. The molecule has 1 amide bonds. The number of rotatable bonds is 3. The monoisotopic (exact) mass is 199 g/mol. The average Bonchev–Trinajstić information content (AvgIpc) is 2.17. The lowest BCUT2D eigenvalue weighted by molar-refractivity contribution is -0.127. The first-order valence-electron chi connectivity index (χ1n) is 5.30. The van der Waals surface area contributed by atoms with Gasteiger partial charge in [-0.05, 0) is 32.4 Å². The van der Waals surface area contributed by atoms with Crippen molar-refractivity contribution in [3.63, 3.8) is 0 Å². The molecule has 1 fully saturated rings. The minimum Gasteiger partial charge on any atom is -0.306 e.